The van der Waals surface area contributed by atoms with Gasteiger partial charge in [-0.25, -0.2) is 0 Å². The number of hydrogen-bond acceptors (Lipinski definition) is 1. The van der Waals surface area contributed by atoms with Gasteiger partial charge in [0.1, 0.15) is 0 Å². The molecule has 0 N–H and O–H groups in total. The van der Waals surface area contributed by atoms with E-state index in [1.54, 1.807) is 0 Å². The second-order valence-electron chi connectivity index (χ2n) is 2.30. The SMILES string of the molecule is C[I-]C(C)CN1CC1. The molecule has 0 bridgehead atoms. The predicted molar refractivity (Wildman–Crippen MR) is 31.8 cm³/mol. The summed E-state index contributed by atoms with van der Waals surface area (Å²) < 4.78 is 1.02. The quantitative estimate of drug-likeness (QED) is 0.290. The zero-order chi connectivity index (χ0) is 5.98. The molecule has 1 saturated heterocycles. The van der Waals surface area contributed by atoms with Crippen molar-refractivity contribution in [2.45, 2.75) is 10.8 Å². The first-order chi connectivity index (χ1) is 3.83. The van der Waals surface area contributed by atoms with Crippen LogP contribution in [0.4, 0.5) is 0 Å². The van der Waals surface area contributed by atoms with Crippen molar-refractivity contribution in [1.29, 1.82) is 0 Å². The van der Waals surface area contributed by atoms with Crippen LogP contribution in [0.5, 0.6) is 0 Å². The Labute approximate surface area is 61.7 Å². The minimum absolute atomic E-state index is 0.509. The summed E-state index contributed by atoms with van der Waals surface area (Å²) in [4.78, 5) is 4.88. The van der Waals surface area contributed by atoms with E-state index in [9.17, 15) is 0 Å². The van der Waals surface area contributed by atoms with E-state index in [4.69, 9.17) is 0 Å². The monoisotopic (exact) mass is 226 g/mol. The van der Waals surface area contributed by atoms with E-state index >= 15 is 0 Å². The van der Waals surface area contributed by atoms with Crippen LogP contribution in [-0.2, 0) is 0 Å². The van der Waals surface area contributed by atoms with Crippen molar-refractivity contribution in [2.75, 3.05) is 24.6 Å². The summed E-state index contributed by atoms with van der Waals surface area (Å²) in [6, 6.07) is 0. The van der Waals surface area contributed by atoms with Gasteiger partial charge in [-0.05, 0) is 0 Å². The van der Waals surface area contributed by atoms with Gasteiger partial charge in [0, 0.05) is 0 Å². The third-order valence-corrected chi connectivity index (χ3v) is 3.94. The third-order valence-electron chi connectivity index (χ3n) is 1.42. The molecule has 1 nitrogen and oxygen atoms in total. The molecule has 1 rings (SSSR count). The first-order valence-corrected chi connectivity index (χ1v) is 6.43. The summed E-state index contributed by atoms with van der Waals surface area (Å²) in [7, 11) is 0. The van der Waals surface area contributed by atoms with E-state index in [0.717, 1.165) is 3.92 Å². The summed E-state index contributed by atoms with van der Waals surface area (Å²) in [5.41, 5.74) is 0. The second kappa shape index (κ2) is 3.01. The molecule has 0 radical (unpaired) electrons. The maximum absolute atomic E-state index is 2.51. The standard InChI is InChI=1S/C6H13IN/c1-6(7-2)5-8-3-4-8/h6H,3-5H2,1-2H3/q-1. The van der Waals surface area contributed by atoms with E-state index in [2.05, 4.69) is 16.8 Å². The van der Waals surface area contributed by atoms with Crippen LogP contribution in [0.15, 0.2) is 0 Å². The number of hydrogen-bond donors (Lipinski definition) is 0. The fraction of sp³-hybridized carbons (Fsp3) is 1.00. The summed E-state index contributed by atoms with van der Waals surface area (Å²) >= 11 is 0.509. The molecule has 2 heteroatoms. The first-order valence-electron chi connectivity index (χ1n) is 3.03. The van der Waals surface area contributed by atoms with Gasteiger partial charge in [-0.15, -0.1) is 0 Å². The Hall–Kier alpha value is 0.690. The van der Waals surface area contributed by atoms with E-state index in [1.165, 1.54) is 19.6 Å². The molecule has 8 heavy (non-hydrogen) atoms. The van der Waals surface area contributed by atoms with E-state index in [0.29, 0.717) is 21.2 Å². The molecular formula is C6H13IN-. The van der Waals surface area contributed by atoms with Gasteiger partial charge in [-0.1, -0.05) is 0 Å². The van der Waals surface area contributed by atoms with Crippen LogP contribution in [0, 0.1) is 0 Å². The van der Waals surface area contributed by atoms with Crippen molar-refractivity contribution in [3.8, 4) is 0 Å². The zero-order valence-corrected chi connectivity index (χ0v) is 7.68. The molecule has 1 heterocycles. The van der Waals surface area contributed by atoms with Gasteiger partial charge in [0.15, 0.2) is 0 Å². The summed E-state index contributed by atoms with van der Waals surface area (Å²) in [5.74, 6) is 0. The molecule has 0 aromatic heterocycles. The molecule has 0 saturated carbocycles. The van der Waals surface area contributed by atoms with Crippen molar-refractivity contribution in [2.24, 2.45) is 0 Å². The summed E-state index contributed by atoms with van der Waals surface area (Å²) in [5, 5.41) is 0. The molecule has 1 aliphatic heterocycles. The van der Waals surface area contributed by atoms with Gasteiger partial charge >= 0.3 is 61.5 Å². The average molecular weight is 226 g/mol. The third kappa shape index (κ3) is 2.31. The number of halogens is 1. The van der Waals surface area contributed by atoms with Crippen molar-refractivity contribution in [3.63, 3.8) is 0 Å². The van der Waals surface area contributed by atoms with Crippen LogP contribution in [0.1, 0.15) is 6.92 Å². The van der Waals surface area contributed by atoms with Gasteiger partial charge in [0.2, 0.25) is 0 Å². The zero-order valence-electron chi connectivity index (χ0n) is 5.52. The maximum atomic E-state index is 2.51. The Morgan fingerprint density at radius 2 is 2.25 bits per heavy atom. The van der Waals surface area contributed by atoms with Crippen molar-refractivity contribution >= 4 is 0 Å². The van der Waals surface area contributed by atoms with Crippen LogP contribution in [0.2, 0.25) is 0 Å². The average Bonchev–Trinajstić information content (AvgIpc) is 2.50. The van der Waals surface area contributed by atoms with Gasteiger partial charge in [-0.3, -0.25) is 0 Å². The van der Waals surface area contributed by atoms with Crippen LogP contribution in [0.25, 0.3) is 0 Å². The predicted octanol–water partition coefficient (Wildman–Crippen LogP) is -2.59. The molecule has 0 aromatic rings. The summed E-state index contributed by atoms with van der Waals surface area (Å²) in [6.45, 7) is 6.48. The number of rotatable bonds is 3. The summed E-state index contributed by atoms with van der Waals surface area (Å²) in [6.07, 6.45) is 0. The number of alkyl halides is 2. The Morgan fingerprint density at radius 3 is 2.62 bits per heavy atom. The van der Waals surface area contributed by atoms with E-state index in [-0.39, 0.29) is 0 Å². The molecule has 1 atom stereocenters. The Bertz CT molecular complexity index is 70.9. The van der Waals surface area contributed by atoms with Gasteiger partial charge < -0.3 is 0 Å². The van der Waals surface area contributed by atoms with Crippen molar-refractivity contribution in [1.82, 2.24) is 4.90 Å². The minimum atomic E-state index is 0.509. The van der Waals surface area contributed by atoms with Crippen molar-refractivity contribution in [3.05, 3.63) is 0 Å². The van der Waals surface area contributed by atoms with Crippen molar-refractivity contribution < 1.29 is 21.2 Å². The Morgan fingerprint density at radius 1 is 1.62 bits per heavy atom. The molecule has 1 fully saturated rings. The number of nitrogens with zero attached hydrogens (tertiary/aromatic N) is 1. The van der Waals surface area contributed by atoms with Gasteiger partial charge in [0.25, 0.3) is 0 Å². The molecule has 0 aromatic carbocycles. The molecular weight excluding hydrogens is 213 g/mol. The molecule has 0 amide bonds. The topological polar surface area (TPSA) is 3.01 Å². The molecule has 1 aliphatic rings. The van der Waals surface area contributed by atoms with Crippen LogP contribution < -0.4 is 21.2 Å². The Kier molecular flexibility index (Phi) is 2.56. The normalized spacial score (nSPS) is 23.8. The Balaban J connectivity index is 1.98. The molecule has 0 aliphatic carbocycles. The fourth-order valence-corrected chi connectivity index (χ4v) is 1.63. The molecule has 0 spiro atoms. The molecule has 1 unspecified atom stereocenters. The first kappa shape index (κ1) is 6.81. The van der Waals surface area contributed by atoms with E-state index < -0.39 is 0 Å². The second-order valence-corrected chi connectivity index (χ2v) is 5.67. The van der Waals surface area contributed by atoms with Crippen LogP contribution in [0.3, 0.4) is 0 Å². The fourth-order valence-electron chi connectivity index (χ4n) is 0.678. The van der Waals surface area contributed by atoms with Crippen LogP contribution >= 0.6 is 0 Å². The molecule has 50 valence electrons. The van der Waals surface area contributed by atoms with Gasteiger partial charge in [-0.2, -0.15) is 0 Å². The van der Waals surface area contributed by atoms with E-state index in [1.807, 2.05) is 0 Å². The van der Waals surface area contributed by atoms with Gasteiger partial charge in [0.05, 0.1) is 0 Å². The van der Waals surface area contributed by atoms with Crippen LogP contribution in [-0.4, -0.2) is 33.4 Å².